The molecule has 7 nitrogen and oxygen atoms in total. The molecular formula is C21H22N4O3S. The first-order chi connectivity index (χ1) is 14.0. The van der Waals surface area contributed by atoms with Crippen LogP contribution in [0.3, 0.4) is 0 Å². The van der Waals surface area contributed by atoms with Crippen molar-refractivity contribution in [2.24, 2.45) is 0 Å². The van der Waals surface area contributed by atoms with Crippen LogP contribution in [-0.4, -0.2) is 40.7 Å². The van der Waals surface area contributed by atoms with Gasteiger partial charge >= 0.3 is 0 Å². The van der Waals surface area contributed by atoms with E-state index in [1.807, 2.05) is 32.0 Å². The summed E-state index contributed by atoms with van der Waals surface area (Å²) in [5.41, 5.74) is 2.00. The summed E-state index contributed by atoms with van der Waals surface area (Å²) in [5, 5.41) is 1.40. The number of ether oxygens (including phenoxy) is 1. The van der Waals surface area contributed by atoms with Crippen LogP contribution in [-0.2, 0) is 9.84 Å². The predicted molar refractivity (Wildman–Crippen MR) is 113 cm³/mol. The molecule has 0 spiro atoms. The summed E-state index contributed by atoms with van der Waals surface area (Å²) in [6.45, 7) is 4.35. The summed E-state index contributed by atoms with van der Waals surface area (Å²) in [6, 6.07) is 9.03. The Labute approximate surface area is 169 Å². The zero-order chi connectivity index (χ0) is 20.4. The van der Waals surface area contributed by atoms with Crippen LogP contribution in [0.2, 0.25) is 0 Å². The van der Waals surface area contributed by atoms with Crippen LogP contribution in [0.4, 0.5) is 0 Å². The number of hydrogen-bond acceptors (Lipinski definition) is 6. The van der Waals surface area contributed by atoms with Gasteiger partial charge in [0.2, 0.25) is 0 Å². The monoisotopic (exact) mass is 410 g/mol. The first-order valence-corrected chi connectivity index (χ1v) is 11.3. The highest BCUT2D eigenvalue weighted by molar-refractivity contribution is 7.91. The van der Waals surface area contributed by atoms with Gasteiger partial charge in [0.15, 0.2) is 15.5 Å². The van der Waals surface area contributed by atoms with E-state index in [-0.39, 0.29) is 5.75 Å². The Morgan fingerprint density at radius 1 is 1.14 bits per heavy atom. The molecule has 0 bridgehead atoms. The Morgan fingerprint density at radius 3 is 2.76 bits per heavy atom. The lowest BCUT2D eigenvalue weighted by Gasteiger charge is -2.13. The number of aromatic nitrogens is 4. The Kier molecular flexibility index (Phi) is 5.19. The highest BCUT2D eigenvalue weighted by Gasteiger charge is 2.20. The lowest BCUT2D eigenvalue weighted by atomic mass is 10.1. The number of aromatic amines is 1. The van der Waals surface area contributed by atoms with Crippen molar-refractivity contribution < 1.29 is 13.2 Å². The third-order valence-corrected chi connectivity index (χ3v) is 6.61. The van der Waals surface area contributed by atoms with E-state index in [1.165, 1.54) is 6.33 Å². The molecule has 2 aromatic heterocycles. The van der Waals surface area contributed by atoms with Crippen molar-refractivity contribution in [2.75, 3.05) is 12.4 Å². The minimum atomic E-state index is -3.41. The van der Waals surface area contributed by atoms with E-state index >= 15 is 0 Å². The van der Waals surface area contributed by atoms with E-state index in [2.05, 4.69) is 19.9 Å². The maximum Gasteiger partial charge on any atom is 0.178 e. The fourth-order valence-corrected chi connectivity index (χ4v) is 5.03. The number of sulfone groups is 1. The standard InChI is InChI=1S/C21H22N4O3S/c1-3-5-9-29(26,27)19-8-6-7-15-16(19)10-14(11-18(15)28-4-2)20-24-17-12-22-13-23-21(17)25-20/h6-8,10-13H,3-5,9H2,1-2H3,(H,22,23,24,25). The average Bonchev–Trinajstić information content (AvgIpc) is 3.16. The zero-order valence-corrected chi connectivity index (χ0v) is 17.2. The van der Waals surface area contributed by atoms with Crippen LogP contribution in [0.25, 0.3) is 33.3 Å². The molecule has 2 aromatic carbocycles. The molecule has 0 aliphatic carbocycles. The van der Waals surface area contributed by atoms with E-state index in [1.54, 1.807) is 18.3 Å². The van der Waals surface area contributed by atoms with Crippen LogP contribution < -0.4 is 4.74 Å². The van der Waals surface area contributed by atoms with E-state index in [0.717, 1.165) is 17.4 Å². The van der Waals surface area contributed by atoms with Crippen LogP contribution in [0.15, 0.2) is 47.8 Å². The molecule has 29 heavy (non-hydrogen) atoms. The van der Waals surface area contributed by atoms with Crippen LogP contribution >= 0.6 is 0 Å². The molecule has 0 fully saturated rings. The molecule has 4 aromatic rings. The van der Waals surface area contributed by atoms with E-state index in [9.17, 15) is 8.42 Å². The lowest BCUT2D eigenvalue weighted by Crippen LogP contribution is -2.07. The number of imidazole rings is 1. The second-order valence-corrected chi connectivity index (χ2v) is 8.85. The molecule has 0 atom stereocenters. The van der Waals surface area contributed by atoms with E-state index in [0.29, 0.717) is 46.0 Å². The van der Waals surface area contributed by atoms with Crippen molar-refractivity contribution in [2.45, 2.75) is 31.6 Å². The Balaban J connectivity index is 1.95. The molecule has 0 unspecified atom stereocenters. The molecule has 0 saturated carbocycles. The van der Waals surface area contributed by atoms with Crippen molar-refractivity contribution in [3.05, 3.63) is 42.9 Å². The van der Waals surface area contributed by atoms with Gasteiger partial charge in [-0.2, -0.15) is 0 Å². The number of unbranched alkanes of at least 4 members (excludes halogenated alkanes) is 1. The largest absolute Gasteiger partial charge is 0.493 e. The fraction of sp³-hybridized carbons (Fsp3) is 0.286. The summed E-state index contributed by atoms with van der Waals surface area (Å²) in [6.07, 6.45) is 4.53. The normalized spacial score (nSPS) is 11.9. The van der Waals surface area contributed by atoms with Gasteiger partial charge in [-0.3, -0.25) is 0 Å². The summed E-state index contributed by atoms with van der Waals surface area (Å²) in [4.78, 5) is 16.2. The third-order valence-electron chi connectivity index (χ3n) is 4.75. The van der Waals surface area contributed by atoms with Crippen molar-refractivity contribution in [3.8, 4) is 17.1 Å². The fourth-order valence-electron chi connectivity index (χ4n) is 3.35. The highest BCUT2D eigenvalue weighted by Crippen LogP contribution is 2.36. The Bertz CT molecular complexity index is 1250. The minimum absolute atomic E-state index is 0.122. The topological polar surface area (TPSA) is 97.8 Å². The Hall–Kier alpha value is -3.00. The molecule has 0 amide bonds. The van der Waals surface area contributed by atoms with Gasteiger partial charge in [-0.25, -0.2) is 23.4 Å². The number of nitrogens with zero attached hydrogens (tertiary/aromatic N) is 3. The van der Waals surface area contributed by atoms with Crippen LogP contribution in [0.5, 0.6) is 5.75 Å². The summed E-state index contributed by atoms with van der Waals surface area (Å²) < 4.78 is 31.8. The number of rotatable bonds is 7. The average molecular weight is 410 g/mol. The molecular weight excluding hydrogens is 388 g/mol. The Morgan fingerprint density at radius 2 is 2.00 bits per heavy atom. The molecule has 1 N–H and O–H groups in total. The van der Waals surface area contributed by atoms with Crippen molar-refractivity contribution in [1.82, 2.24) is 19.9 Å². The zero-order valence-electron chi connectivity index (χ0n) is 16.3. The van der Waals surface area contributed by atoms with Crippen molar-refractivity contribution in [1.29, 1.82) is 0 Å². The smallest absolute Gasteiger partial charge is 0.178 e. The second-order valence-electron chi connectivity index (χ2n) is 6.77. The number of H-pyrrole nitrogens is 1. The predicted octanol–water partition coefficient (Wildman–Crippen LogP) is 4.15. The van der Waals surface area contributed by atoms with Gasteiger partial charge in [0.1, 0.15) is 23.4 Å². The number of nitrogens with one attached hydrogen (secondary N) is 1. The molecule has 0 radical (unpaired) electrons. The first-order valence-electron chi connectivity index (χ1n) is 9.62. The number of hydrogen-bond donors (Lipinski definition) is 1. The van der Waals surface area contributed by atoms with Crippen LogP contribution in [0.1, 0.15) is 26.7 Å². The molecule has 4 rings (SSSR count). The molecule has 0 aliphatic heterocycles. The van der Waals surface area contributed by atoms with Gasteiger partial charge < -0.3 is 9.72 Å². The molecule has 2 heterocycles. The number of benzene rings is 2. The van der Waals surface area contributed by atoms with Gasteiger partial charge in [0.25, 0.3) is 0 Å². The van der Waals surface area contributed by atoms with E-state index < -0.39 is 9.84 Å². The van der Waals surface area contributed by atoms with Gasteiger partial charge in [-0.05, 0) is 31.5 Å². The van der Waals surface area contributed by atoms with Crippen molar-refractivity contribution in [3.63, 3.8) is 0 Å². The summed E-state index contributed by atoms with van der Waals surface area (Å²) in [7, 11) is -3.41. The third kappa shape index (κ3) is 3.67. The van der Waals surface area contributed by atoms with Gasteiger partial charge in [-0.1, -0.05) is 25.5 Å². The molecule has 8 heteroatoms. The van der Waals surface area contributed by atoms with Crippen molar-refractivity contribution >= 4 is 31.8 Å². The molecule has 150 valence electrons. The molecule has 0 saturated heterocycles. The van der Waals surface area contributed by atoms with Crippen LogP contribution in [0, 0.1) is 0 Å². The lowest BCUT2D eigenvalue weighted by molar-refractivity contribution is 0.344. The second kappa shape index (κ2) is 7.79. The first kappa shape index (κ1) is 19.3. The SMILES string of the molecule is CCCCS(=O)(=O)c1cccc2c(OCC)cc(-c3nc4cncnc4[nH]3)cc12. The van der Waals surface area contributed by atoms with Gasteiger partial charge in [-0.15, -0.1) is 0 Å². The summed E-state index contributed by atoms with van der Waals surface area (Å²) >= 11 is 0. The maximum absolute atomic E-state index is 13.0. The quantitative estimate of drug-likeness (QED) is 0.492. The summed E-state index contributed by atoms with van der Waals surface area (Å²) in [5.74, 6) is 1.33. The van der Waals surface area contributed by atoms with Gasteiger partial charge in [0.05, 0.1) is 23.5 Å². The highest BCUT2D eigenvalue weighted by atomic mass is 32.2. The molecule has 0 aliphatic rings. The number of fused-ring (bicyclic) bond motifs is 2. The minimum Gasteiger partial charge on any atom is -0.493 e. The maximum atomic E-state index is 13.0. The van der Waals surface area contributed by atoms with E-state index in [4.69, 9.17) is 4.74 Å². The van der Waals surface area contributed by atoms with Gasteiger partial charge in [0, 0.05) is 16.3 Å².